The molecule has 0 aliphatic rings. The van der Waals surface area contributed by atoms with E-state index >= 15 is 0 Å². The monoisotopic (exact) mass is 511 g/mol. The number of aromatic nitrogens is 3. The van der Waals surface area contributed by atoms with Gasteiger partial charge in [0.15, 0.2) is 11.0 Å². The van der Waals surface area contributed by atoms with Crippen LogP contribution >= 0.6 is 46.6 Å². The van der Waals surface area contributed by atoms with E-state index in [0.717, 1.165) is 0 Å². The van der Waals surface area contributed by atoms with Gasteiger partial charge in [0, 0.05) is 12.1 Å². The largest absolute Gasteiger partial charge is 0.342 e. The van der Waals surface area contributed by atoms with E-state index in [1.165, 1.54) is 17.8 Å². The topological polar surface area (TPSA) is 88.9 Å². The second kappa shape index (κ2) is 11.0. The lowest BCUT2D eigenvalue weighted by Gasteiger charge is -2.15. The average molecular weight is 513 g/mol. The molecule has 1 atom stereocenters. The average Bonchev–Trinajstić information content (AvgIpc) is 3.19. The zero-order chi connectivity index (χ0) is 23.3. The Morgan fingerprint density at radius 1 is 1.06 bits per heavy atom. The second-order valence-corrected chi connectivity index (χ2v) is 8.89. The Morgan fingerprint density at radius 3 is 2.50 bits per heavy atom. The molecule has 0 aliphatic heterocycles. The molecule has 0 saturated carbocycles. The van der Waals surface area contributed by atoms with Crippen LogP contribution in [0, 0.1) is 0 Å². The third kappa shape index (κ3) is 5.95. The van der Waals surface area contributed by atoms with Crippen molar-refractivity contribution in [1.82, 2.24) is 20.1 Å². The number of nitrogens with zero attached hydrogens (tertiary/aromatic N) is 3. The van der Waals surface area contributed by atoms with Crippen molar-refractivity contribution in [3.63, 3.8) is 0 Å². The maximum absolute atomic E-state index is 12.6. The minimum absolute atomic E-state index is 0.132. The van der Waals surface area contributed by atoms with E-state index < -0.39 is 6.04 Å². The molecule has 168 valence electrons. The molecule has 2 amide bonds. The third-order valence-corrected chi connectivity index (χ3v) is 6.49. The van der Waals surface area contributed by atoms with Crippen LogP contribution in [0.15, 0.2) is 47.6 Å². The highest BCUT2D eigenvalue weighted by molar-refractivity contribution is 7.99. The molecule has 11 heteroatoms. The summed E-state index contributed by atoms with van der Waals surface area (Å²) in [6.45, 7) is 4.32. The van der Waals surface area contributed by atoms with Crippen LogP contribution in [0.2, 0.25) is 15.1 Å². The highest BCUT2D eigenvalue weighted by atomic mass is 35.5. The highest BCUT2D eigenvalue weighted by Gasteiger charge is 2.20. The lowest BCUT2D eigenvalue weighted by atomic mass is 10.2. The fourth-order valence-electron chi connectivity index (χ4n) is 2.89. The number of benzene rings is 2. The minimum Gasteiger partial charge on any atom is -0.342 e. The minimum atomic E-state index is -0.421. The Labute approximate surface area is 204 Å². The molecule has 7 nitrogen and oxygen atoms in total. The second-order valence-electron chi connectivity index (χ2n) is 6.73. The van der Waals surface area contributed by atoms with Gasteiger partial charge in [-0.1, -0.05) is 58.7 Å². The van der Waals surface area contributed by atoms with Crippen LogP contribution in [-0.2, 0) is 11.3 Å². The number of hydrogen-bond acceptors (Lipinski definition) is 5. The van der Waals surface area contributed by atoms with Crippen LogP contribution < -0.4 is 10.6 Å². The van der Waals surface area contributed by atoms with E-state index in [0.29, 0.717) is 43.8 Å². The van der Waals surface area contributed by atoms with Gasteiger partial charge in [-0.15, -0.1) is 10.2 Å². The van der Waals surface area contributed by atoms with Gasteiger partial charge >= 0.3 is 0 Å². The summed E-state index contributed by atoms with van der Waals surface area (Å²) in [4.78, 5) is 24.9. The molecule has 1 heterocycles. The third-order valence-electron chi connectivity index (χ3n) is 4.46. The van der Waals surface area contributed by atoms with Crippen LogP contribution in [-0.4, -0.2) is 32.3 Å². The van der Waals surface area contributed by atoms with Gasteiger partial charge in [0.1, 0.15) is 0 Å². The molecule has 2 aromatic carbocycles. The normalized spacial score (nSPS) is 11.8. The fraction of sp³-hybridized carbons (Fsp3) is 0.238. The smallest absolute Gasteiger partial charge is 0.251 e. The van der Waals surface area contributed by atoms with Gasteiger partial charge in [-0.3, -0.25) is 9.59 Å². The summed E-state index contributed by atoms with van der Waals surface area (Å²) >= 11 is 19.2. The summed E-state index contributed by atoms with van der Waals surface area (Å²) in [6, 6.07) is 11.3. The maximum atomic E-state index is 12.6. The first-order valence-electron chi connectivity index (χ1n) is 9.66. The number of rotatable bonds is 8. The number of hydrogen-bond donors (Lipinski definition) is 2. The standard InChI is InChI=1S/C21H20Cl3N5O2S/c1-3-29-19(12(2)25-20(31)13-8-9-14(22)16(24)10-13)27-28-21(29)32-11-18(30)26-17-7-5-4-6-15(17)23/h4-10,12H,3,11H2,1-2H3,(H,25,31)(H,26,30)/t12-/m1/s1. The number of amides is 2. The quantitative estimate of drug-likeness (QED) is 0.390. The van der Waals surface area contributed by atoms with Crippen molar-refractivity contribution in [2.45, 2.75) is 31.6 Å². The number of para-hydroxylation sites is 1. The van der Waals surface area contributed by atoms with Crippen LogP contribution in [0.5, 0.6) is 0 Å². The Kier molecular flexibility index (Phi) is 8.42. The molecule has 3 rings (SSSR count). The molecule has 32 heavy (non-hydrogen) atoms. The van der Waals surface area contributed by atoms with E-state index in [9.17, 15) is 9.59 Å². The number of halogens is 3. The van der Waals surface area contributed by atoms with Crippen molar-refractivity contribution < 1.29 is 9.59 Å². The lowest BCUT2D eigenvalue weighted by molar-refractivity contribution is -0.113. The summed E-state index contributed by atoms with van der Waals surface area (Å²) < 4.78 is 1.85. The van der Waals surface area contributed by atoms with Crippen molar-refractivity contribution in [1.29, 1.82) is 0 Å². The van der Waals surface area contributed by atoms with Gasteiger partial charge in [0.05, 0.1) is 32.5 Å². The van der Waals surface area contributed by atoms with Gasteiger partial charge in [-0.25, -0.2) is 0 Å². The number of carbonyl (C=O) groups is 2. The van der Waals surface area contributed by atoms with Crippen LogP contribution in [0.1, 0.15) is 36.1 Å². The van der Waals surface area contributed by atoms with Crippen molar-refractivity contribution in [2.24, 2.45) is 0 Å². The number of thioether (sulfide) groups is 1. The predicted octanol–water partition coefficient (Wildman–Crippen LogP) is 5.48. The first-order chi connectivity index (χ1) is 15.3. The molecular formula is C21H20Cl3N5O2S. The summed E-state index contributed by atoms with van der Waals surface area (Å²) in [6.07, 6.45) is 0. The molecular weight excluding hydrogens is 493 g/mol. The maximum Gasteiger partial charge on any atom is 0.251 e. The van der Waals surface area contributed by atoms with Crippen molar-refractivity contribution >= 4 is 64.1 Å². The van der Waals surface area contributed by atoms with Gasteiger partial charge in [0.2, 0.25) is 5.91 Å². The molecule has 0 bridgehead atoms. The van der Waals surface area contributed by atoms with Gasteiger partial charge in [0.25, 0.3) is 5.91 Å². The van der Waals surface area contributed by atoms with Gasteiger partial charge in [-0.2, -0.15) is 0 Å². The highest BCUT2D eigenvalue weighted by Crippen LogP contribution is 2.25. The lowest BCUT2D eigenvalue weighted by Crippen LogP contribution is -2.28. The van der Waals surface area contributed by atoms with E-state index in [1.807, 2.05) is 18.4 Å². The Bertz CT molecular complexity index is 1140. The predicted molar refractivity (Wildman–Crippen MR) is 129 cm³/mol. The van der Waals surface area contributed by atoms with Crippen LogP contribution in [0.3, 0.4) is 0 Å². The molecule has 0 fully saturated rings. The van der Waals surface area contributed by atoms with Crippen molar-refractivity contribution in [3.8, 4) is 0 Å². The molecule has 2 N–H and O–H groups in total. The first-order valence-corrected chi connectivity index (χ1v) is 11.8. The van der Waals surface area contributed by atoms with E-state index in [-0.39, 0.29) is 17.6 Å². The molecule has 0 spiro atoms. The van der Waals surface area contributed by atoms with Crippen molar-refractivity contribution in [2.75, 3.05) is 11.1 Å². The first kappa shape index (κ1) is 24.4. The van der Waals surface area contributed by atoms with Crippen molar-refractivity contribution in [3.05, 3.63) is 68.9 Å². The molecule has 0 radical (unpaired) electrons. The van der Waals surface area contributed by atoms with E-state index in [2.05, 4.69) is 20.8 Å². The molecule has 1 aromatic heterocycles. The van der Waals surface area contributed by atoms with E-state index in [4.69, 9.17) is 34.8 Å². The molecule has 0 unspecified atom stereocenters. The summed E-state index contributed by atoms with van der Waals surface area (Å²) in [5.74, 6) is 0.189. The van der Waals surface area contributed by atoms with Crippen LogP contribution in [0.4, 0.5) is 5.69 Å². The number of carbonyl (C=O) groups excluding carboxylic acids is 2. The van der Waals surface area contributed by atoms with Gasteiger partial charge < -0.3 is 15.2 Å². The molecule has 0 saturated heterocycles. The summed E-state index contributed by atoms with van der Waals surface area (Å²) in [5.41, 5.74) is 0.940. The zero-order valence-electron chi connectivity index (χ0n) is 17.2. The Morgan fingerprint density at radius 2 is 1.81 bits per heavy atom. The SMILES string of the molecule is CCn1c(SCC(=O)Nc2ccccc2Cl)nnc1[C@@H](C)NC(=O)c1ccc(Cl)c(Cl)c1. The van der Waals surface area contributed by atoms with Gasteiger partial charge in [-0.05, 0) is 44.2 Å². The number of anilines is 1. The molecule has 3 aromatic rings. The number of nitrogens with one attached hydrogen (secondary N) is 2. The fourth-order valence-corrected chi connectivity index (χ4v) is 4.18. The Hall–Kier alpha value is -2.26. The summed E-state index contributed by atoms with van der Waals surface area (Å²) in [7, 11) is 0. The Balaban J connectivity index is 1.64. The van der Waals surface area contributed by atoms with E-state index in [1.54, 1.807) is 36.4 Å². The zero-order valence-corrected chi connectivity index (χ0v) is 20.3. The summed E-state index contributed by atoms with van der Waals surface area (Å²) in [5, 5.41) is 15.8. The van der Waals surface area contributed by atoms with Crippen LogP contribution in [0.25, 0.3) is 0 Å². The molecule has 0 aliphatic carbocycles.